The van der Waals surface area contributed by atoms with Crippen LogP contribution in [0, 0.1) is 0 Å². The van der Waals surface area contributed by atoms with E-state index in [9.17, 15) is 4.57 Å². The van der Waals surface area contributed by atoms with Crippen molar-refractivity contribution in [2.24, 2.45) is 0 Å². The summed E-state index contributed by atoms with van der Waals surface area (Å²) in [6.45, 7) is 5.16. The van der Waals surface area contributed by atoms with Crippen molar-refractivity contribution < 1.29 is 14.0 Å². The van der Waals surface area contributed by atoms with Crippen molar-refractivity contribution in [2.75, 3.05) is 0 Å². The molecule has 0 aromatic rings. The Balaban J connectivity index is 3.55. The average molecular weight is 137 g/mol. The Morgan fingerprint density at radius 1 is 1.50 bits per heavy atom. The average Bonchev–Trinajstić information content (AvgIpc) is 1.21. The number of hydrogen-bond donors (Lipinski definition) is 1. The van der Waals surface area contributed by atoms with Crippen LogP contribution in [0.25, 0.3) is 0 Å². The summed E-state index contributed by atoms with van der Waals surface area (Å²) in [5.74, 6) is 0. The smallest absolute Gasteiger partial charge is 0.133 e. The second kappa shape index (κ2) is 2.53. The van der Waals surface area contributed by atoms with Crippen molar-refractivity contribution >= 4 is 8.25 Å². The molecule has 48 valence electrons. The molecule has 0 heterocycles. The monoisotopic (exact) mass is 137 g/mol. The highest BCUT2D eigenvalue weighted by atomic mass is 31.1. The van der Waals surface area contributed by atoms with Crippen LogP contribution in [0.5, 0.6) is 0 Å². The van der Waals surface area contributed by atoms with Gasteiger partial charge in [0.2, 0.25) is 0 Å². The predicted molar refractivity (Wildman–Crippen MR) is 30.7 cm³/mol. The molecule has 3 nitrogen and oxygen atoms in total. The maximum atomic E-state index is 9.94. The Kier molecular flexibility index (Phi) is 2.54. The number of rotatable bonds is 1. The second-order valence-corrected chi connectivity index (χ2v) is 3.10. The molecule has 0 aromatic carbocycles. The van der Waals surface area contributed by atoms with Gasteiger partial charge in [0.25, 0.3) is 0 Å². The molecule has 0 amide bonds. The normalized spacial score (nSPS) is 13.8. The van der Waals surface area contributed by atoms with Crippen molar-refractivity contribution in [3.63, 3.8) is 0 Å². The van der Waals surface area contributed by atoms with Gasteiger partial charge in [0, 0.05) is 4.57 Å². The fourth-order valence-electron chi connectivity index (χ4n) is 0.234. The van der Waals surface area contributed by atoms with E-state index in [1.54, 1.807) is 20.8 Å². The van der Waals surface area contributed by atoms with Gasteiger partial charge in [0.15, 0.2) is 0 Å². The van der Waals surface area contributed by atoms with E-state index in [-0.39, 0.29) is 0 Å². The lowest BCUT2D eigenvalue weighted by Crippen LogP contribution is -2.14. The lowest BCUT2D eigenvalue weighted by atomic mass is 10.2. The lowest BCUT2D eigenvalue weighted by molar-refractivity contribution is 0.123. The first kappa shape index (κ1) is 8.02. The first-order valence-electron chi connectivity index (χ1n) is 2.27. The summed E-state index contributed by atoms with van der Waals surface area (Å²) in [5.41, 5.74) is -0.512. The van der Waals surface area contributed by atoms with Crippen molar-refractivity contribution in [3.8, 4) is 0 Å². The molecule has 0 radical (unpaired) electrons. The van der Waals surface area contributed by atoms with Gasteiger partial charge in [0.1, 0.15) is 5.60 Å². The van der Waals surface area contributed by atoms with Crippen LogP contribution in [-0.4, -0.2) is 10.5 Å². The standard InChI is InChI=1S/C4H9O3P/c1-4(2,3)7-8(5)6/h1-3H3/p+1. The summed E-state index contributed by atoms with van der Waals surface area (Å²) in [6.07, 6.45) is 0. The van der Waals surface area contributed by atoms with Gasteiger partial charge >= 0.3 is 8.25 Å². The summed E-state index contributed by atoms with van der Waals surface area (Å²) in [7, 11) is -2.44. The molecule has 8 heavy (non-hydrogen) atoms. The van der Waals surface area contributed by atoms with Gasteiger partial charge in [-0.3, -0.25) is 0 Å². The van der Waals surface area contributed by atoms with Crippen LogP contribution >= 0.6 is 8.25 Å². The van der Waals surface area contributed by atoms with Crippen LogP contribution in [0.15, 0.2) is 0 Å². The quantitative estimate of drug-likeness (QED) is 0.556. The summed E-state index contributed by atoms with van der Waals surface area (Å²) in [5, 5.41) is 0. The molecule has 0 aliphatic heterocycles. The minimum atomic E-state index is -2.44. The van der Waals surface area contributed by atoms with Crippen molar-refractivity contribution in [3.05, 3.63) is 0 Å². The van der Waals surface area contributed by atoms with Crippen LogP contribution in [-0.2, 0) is 9.09 Å². The third-order valence-electron chi connectivity index (χ3n) is 0.352. The molecular formula is C4H10O3P+. The Morgan fingerprint density at radius 2 is 1.88 bits per heavy atom. The Morgan fingerprint density at radius 3 is 1.88 bits per heavy atom. The second-order valence-electron chi connectivity index (χ2n) is 2.44. The molecule has 0 saturated carbocycles. The first-order chi connectivity index (χ1) is 3.42. The zero-order chi connectivity index (χ0) is 6.78. The Labute approximate surface area is 49.6 Å². The molecule has 0 aromatic heterocycles. The van der Waals surface area contributed by atoms with E-state index < -0.39 is 13.9 Å². The molecule has 4 heteroatoms. The van der Waals surface area contributed by atoms with Gasteiger partial charge in [0.05, 0.1) is 0 Å². The molecule has 0 aliphatic carbocycles. The Hall–Kier alpha value is 0.0200. The maximum Gasteiger partial charge on any atom is 0.695 e. The zero-order valence-electron chi connectivity index (χ0n) is 5.21. The van der Waals surface area contributed by atoms with Gasteiger partial charge in [-0.25, -0.2) is 0 Å². The summed E-state index contributed by atoms with van der Waals surface area (Å²) in [4.78, 5) is 8.18. The third-order valence-corrected chi connectivity index (χ3v) is 1.06. The molecule has 0 rings (SSSR count). The van der Waals surface area contributed by atoms with E-state index in [2.05, 4.69) is 4.52 Å². The van der Waals surface area contributed by atoms with Crippen LogP contribution in [0.3, 0.4) is 0 Å². The highest BCUT2D eigenvalue weighted by Gasteiger charge is 2.24. The minimum Gasteiger partial charge on any atom is -0.133 e. The van der Waals surface area contributed by atoms with E-state index in [0.29, 0.717) is 0 Å². The summed E-state index contributed by atoms with van der Waals surface area (Å²) in [6, 6.07) is 0. The van der Waals surface area contributed by atoms with Crippen molar-refractivity contribution in [1.29, 1.82) is 0 Å². The van der Waals surface area contributed by atoms with Gasteiger partial charge in [-0.1, -0.05) is 0 Å². The topological polar surface area (TPSA) is 46.5 Å². The van der Waals surface area contributed by atoms with Crippen molar-refractivity contribution in [1.82, 2.24) is 0 Å². The predicted octanol–water partition coefficient (Wildman–Crippen LogP) is 1.45. The van der Waals surface area contributed by atoms with Crippen LogP contribution in [0.1, 0.15) is 20.8 Å². The largest absolute Gasteiger partial charge is 0.695 e. The van der Waals surface area contributed by atoms with Crippen LogP contribution in [0.4, 0.5) is 0 Å². The molecule has 0 aliphatic rings. The van der Waals surface area contributed by atoms with E-state index >= 15 is 0 Å². The minimum absolute atomic E-state index is 0.512. The van der Waals surface area contributed by atoms with Crippen LogP contribution in [0.2, 0.25) is 0 Å². The number of hydrogen-bond acceptors (Lipinski definition) is 2. The van der Waals surface area contributed by atoms with E-state index in [4.69, 9.17) is 4.89 Å². The highest BCUT2D eigenvalue weighted by Crippen LogP contribution is 2.24. The molecular weight excluding hydrogens is 127 g/mol. The zero-order valence-corrected chi connectivity index (χ0v) is 6.11. The fourth-order valence-corrected chi connectivity index (χ4v) is 0.703. The van der Waals surface area contributed by atoms with Gasteiger partial charge in [-0.15, -0.1) is 9.42 Å². The van der Waals surface area contributed by atoms with E-state index in [1.165, 1.54) is 0 Å². The fraction of sp³-hybridized carbons (Fsp3) is 1.00. The van der Waals surface area contributed by atoms with E-state index in [1.807, 2.05) is 0 Å². The summed E-state index contributed by atoms with van der Waals surface area (Å²) >= 11 is 0. The molecule has 1 N–H and O–H groups in total. The maximum absolute atomic E-state index is 9.94. The Bertz CT molecular complexity index is 93.9. The van der Waals surface area contributed by atoms with Crippen molar-refractivity contribution in [2.45, 2.75) is 26.4 Å². The highest BCUT2D eigenvalue weighted by molar-refractivity contribution is 7.32. The first-order valence-corrected chi connectivity index (χ1v) is 3.40. The van der Waals surface area contributed by atoms with Gasteiger partial charge in [-0.05, 0) is 20.8 Å². The van der Waals surface area contributed by atoms with E-state index in [0.717, 1.165) is 0 Å². The molecule has 0 spiro atoms. The third kappa shape index (κ3) is 6.02. The van der Waals surface area contributed by atoms with Gasteiger partial charge < -0.3 is 0 Å². The van der Waals surface area contributed by atoms with Gasteiger partial charge in [-0.2, -0.15) is 0 Å². The lowest BCUT2D eigenvalue weighted by Gasteiger charge is -2.06. The summed E-state index contributed by atoms with van der Waals surface area (Å²) < 4.78 is 14.4. The molecule has 0 fully saturated rings. The molecule has 0 bridgehead atoms. The van der Waals surface area contributed by atoms with Crippen LogP contribution < -0.4 is 0 Å². The molecule has 0 saturated heterocycles. The molecule has 1 unspecified atom stereocenters. The molecule has 1 atom stereocenters. The SMILES string of the molecule is CC(C)(C)O[P+](=O)O.